The fourth-order valence-corrected chi connectivity index (χ4v) is 2.76. The lowest BCUT2D eigenvalue weighted by atomic mass is 10.1. The van der Waals surface area contributed by atoms with E-state index >= 15 is 0 Å². The SMILES string of the molecule is COCCOc1ccc(CC(=O)Nc2n[nH]c3cc(Br)ccc23)cc1. The van der Waals surface area contributed by atoms with Gasteiger partial charge in [-0.2, -0.15) is 5.10 Å². The number of anilines is 1. The number of fused-ring (bicyclic) bond motifs is 1. The first-order valence-electron chi connectivity index (χ1n) is 7.80. The molecule has 3 aromatic rings. The van der Waals surface area contributed by atoms with Crippen molar-refractivity contribution in [3.8, 4) is 5.75 Å². The van der Waals surface area contributed by atoms with E-state index in [1.807, 2.05) is 42.5 Å². The van der Waals surface area contributed by atoms with Gasteiger partial charge >= 0.3 is 0 Å². The van der Waals surface area contributed by atoms with Crippen molar-refractivity contribution in [3.05, 3.63) is 52.5 Å². The zero-order chi connectivity index (χ0) is 17.6. The molecule has 1 heterocycles. The first kappa shape index (κ1) is 17.4. The molecule has 0 aliphatic rings. The Kier molecular flexibility index (Phi) is 5.67. The number of ether oxygens (including phenoxy) is 2. The van der Waals surface area contributed by atoms with Gasteiger partial charge in [-0.15, -0.1) is 0 Å². The van der Waals surface area contributed by atoms with Gasteiger partial charge in [0.25, 0.3) is 0 Å². The number of aromatic amines is 1. The van der Waals surface area contributed by atoms with E-state index in [9.17, 15) is 4.79 Å². The van der Waals surface area contributed by atoms with E-state index in [1.54, 1.807) is 7.11 Å². The summed E-state index contributed by atoms with van der Waals surface area (Å²) in [6.07, 6.45) is 0.267. The van der Waals surface area contributed by atoms with Crippen LogP contribution in [-0.4, -0.2) is 36.4 Å². The zero-order valence-corrected chi connectivity index (χ0v) is 15.3. The third-order valence-electron chi connectivity index (χ3n) is 3.63. The first-order valence-corrected chi connectivity index (χ1v) is 8.59. The Hall–Kier alpha value is -2.38. The van der Waals surface area contributed by atoms with Crippen LogP contribution >= 0.6 is 15.9 Å². The number of halogens is 1. The molecular weight excluding hydrogens is 386 g/mol. The van der Waals surface area contributed by atoms with Crippen molar-refractivity contribution >= 4 is 38.6 Å². The predicted molar refractivity (Wildman–Crippen MR) is 99.9 cm³/mol. The average molecular weight is 404 g/mol. The maximum atomic E-state index is 12.3. The molecule has 0 bridgehead atoms. The summed E-state index contributed by atoms with van der Waals surface area (Å²) >= 11 is 3.41. The standard InChI is InChI=1S/C18H18BrN3O3/c1-24-8-9-25-14-5-2-12(3-6-14)10-17(23)20-18-15-7-4-13(19)11-16(15)21-22-18/h2-7,11H,8-10H2,1H3,(H2,20,21,22,23). The van der Waals surface area contributed by atoms with Crippen LogP contribution in [0.3, 0.4) is 0 Å². The number of H-pyrrole nitrogens is 1. The molecule has 0 unspecified atom stereocenters. The molecule has 6 nitrogen and oxygen atoms in total. The quantitative estimate of drug-likeness (QED) is 0.591. The molecule has 0 fully saturated rings. The minimum absolute atomic E-state index is 0.121. The largest absolute Gasteiger partial charge is 0.491 e. The molecule has 0 saturated carbocycles. The predicted octanol–water partition coefficient (Wildman–Crippen LogP) is 3.53. The van der Waals surface area contributed by atoms with Crippen LogP contribution < -0.4 is 10.1 Å². The smallest absolute Gasteiger partial charge is 0.230 e. The Morgan fingerprint density at radius 1 is 1.20 bits per heavy atom. The molecule has 25 heavy (non-hydrogen) atoms. The lowest BCUT2D eigenvalue weighted by molar-refractivity contribution is -0.115. The lowest BCUT2D eigenvalue weighted by Crippen LogP contribution is -2.14. The van der Waals surface area contributed by atoms with Crippen molar-refractivity contribution < 1.29 is 14.3 Å². The maximum Gasteiger partial charge on any atom is 0.230 e. The summed E-state index contributed by atoms with van der Waals surface area (Å²) < 4.78 is 11.4. The van der Waals surface area contributed by atoms with Crippen molar-refractivity contribution in [2.75, 3.05) is 25.6 Å². The van der Waals surface area contributed by atoms with E-state index in [1.165, 1.54) is 0 Å². The number of methoxy groups -OCH3 is 1. The maximum absolute atomic E-state index is 12.3. The molecule has 3 rings (SSSR count). The van der Waals surface area contributed by atoms with Crippen LogP contribution in [0.2, 0.25) is 0 Å². The van der Waals surface area contributed by atoms with Gasteiger partial charge in [-0.3, -0.25) is 9.89 Å². The molecule has 0 radical (unpaired) electrons. The van der Waals surface area contributed by atoms with Crippen molar-refractivity contribution in [2.45, 2.75) is 6.42 Å². The molecule has 1 amide bonds. The van der Waals surface area contributed by atoms with Crippen LogP contribution in [0.1, 0.15) is 5.56 Å². The van der Waals surface area contributed by atoms with Crippen LogP contribution in [-0.2, 0) is 16.0 Å². The van der Waals surface area contributed by atoms with Gasteiger partial charge in [0.2, 0.25) is 5.91 Å². The van der Waals surface area contributed by atoms with Crippen molar-refractivity contribution in [1.82, 2.24) is 10.2 Å². The molecule has 2 N–H and O–H groups in total. The van der Waals surface area contributed by atoms with Gasteiger partial charge < -0.3 is 14.8 Å². The number of nitrogens with zero attached hydrogens (tertiary/aromatic N) is 1. The average Bonchev–Trinajstić information content (AvgIpc) is 2.98. The van der Waals surface area contributed by atoms with Gasteiger partial charge in [0.05, 0.1) is 18.5 Å². The number of benzene rings is 2. The zero-order valence-electron chi connectivity index (χ0n) is 13.7. The van der Waals surface area contributed by atoms with Crippen LogP contribution in [0.25, 0.3) is 10.9 Å². The van der Waals surface area contributed by atoms with E-state index in [0.29, 0.717) is 19.0 Å². The molecule has 7 heteroatoms. The number of hydrogen-bond acceptors (Lipinski definition) is 4. The summed E-state index contributed by atoms with van der Waals surface area (Å²) in [5.41, 5.74) is 1.77. The summed E-state index contributed by atoms with van der Waals surface area (Å²) in [5, 5.41) is 10.8. The second kappa shape index (κ2) is 8.13. The third kappa shape index (κ3) is 4.58. The van der Waals surface area contributed by atoms with E-state index < -0.39 is 0 Å². The Labute approximate surface area is 153 Å². The highest BCUT2D eigenvalue weighted by atomic mass is 79.9. The van der Waals surface area contributed by atoms with E-state index in [-0.39, 0.29) is 12.3 Å². The number of amides is 1. The summed E-state index contributed by atoms with van der Waals surface area (Å²) in [6, 6.07) is 13.2. The molecule has 130 valence electrons. The molecule has 2 aromatic carbocycles. The minimum atomic E-state index is -0.121. The number of carbonyl (C=O) groups excluding carboxylic acids is 1. The van der Waals surface area contributed by atoms with Crippen LogP contribution in [0.5, 0.6) is 5.75 Å². The van der Waals surface area contributed by atoms with Crippen molar-refractivity contribution in [2.24, 2.45) is 0 Å². The van der Waals surface area contributed by atoms with Crippen LogP contribution in [0.15, 0.2) is 46.9 Å². The van der Waals surface area contributed by atoms with Crippen molar-refractivity contribution in [1.29, 1.82) is 0 Å². The number of hydrogen-bond donors (Lipinski definition) is 2. The van der Waals surface area contributed by atoms with Gasteiger partial charge in [-0.1, -0.05) is 28.1 Å². The number of nitrogens with one attached hydrogen (secondary N) is 2. The Balaban J connectivity index is 1.60. The fourth-order valence-electron chi connectivity index (χ4n) is 2.40. The second-order valence-electron chi connectivity index (χ2n) is 5.47. The molecule has 0 saturated heterocycles. The normalized spacial score (nSPS) is 10.8. The first-order chi connectivity index (χ1) is 12.2. The molecule has 0 spiro atoms. The fraction of sp³-hybridized carbons (Fsp3) is 0.222. The topological polar surface area (TPSA) is 76.2 Å². The minimum Gasteiger partial charge on any atom is -0.491 e. The van der Waals surface area contributed by atoms with Crippen LogP contribution in [0.4, 0.5) is 5.82 Å². The van der Waals surface area contributed by atoms with Gasteiger partial charge in [0, 0.05) is 17.0 Å². The summed E-state index contributed by atoms with van der Waals surface area (Å²) in [5.74, 6) is 1.17. The van der Waals surface area contributed by atoms with Gasteiger partial charge in [0.1, 0.15) is 12.4 Å². The number of carbonyl (C=O) groups is 1. The lowest BCUT2D eigenvalue weighted by Gasteiger charge is -2.07. The molecule has 0 atom stereocenters. The number of rotatable bonds is 7. The third-order valence-corrected chi connectivity index (χ3v) is 4.12. The highest BCUT2D eigenvalue weighted by Crippen LogP contribution is 2.24. The Morgan fingerprint density at radius 2 is 2.00 bits per heavy atom. The monoisotopic (exact) mass is 403 g/mol. The summed E-state index contributed by atoms with van der Waals surface area (Å²) in [4.78, 5) is 12.3. The van der Waals surface area contributed by atoms with E-state index in [0.717, 1.165) is 26.7 Å². The summed E-state index contributed by atoms with van der Waals surface area (Å²) in [7, 11) is 1.63. The molecular formula is C18H18BrN3O3. The van der Waals surface area contributed by atoms with Gasteiger partial charge in [0.15, 0.2) is 5.82 Å². The van der Waals surface area contributed by atoms with Gasteiger partial charge in [-0.25, -0.2) is 0 Å². The van der Waals surface area contributed by atoms with E-state index in [2.05, 4.69) is 31.4 Å². The molecule has 0 aliphatic heterocycles. The Morgan fingerprint density at radius 3 is 2.76 bits per heavy atom. The van der Waals surface area contributed by atoms with E-state index in [4.69, 9.17) is 9.47 Å². The summed E-state index contributed by atoms with van der Waals surface area (Å²) in [6.45, 7) is 1.04. The molecule has 1 aromatic heterocycles. The Bertz CT molecular complexity index is 862. The van der Waals surface area contributed by atoms with Gasteiger partial charge in [-0.05, 0) is 35.9 Å². The van der Waals surface area contributed by atoms with Crippen LogP contribution in [0, 0.1) is 0 Å². The second-order valence-corrected chi connectivity index (χ2v) is 6.39. The van der Waals surface area contributed by atoms with Crippen molar-refractivity contribution in [3.63, 3.8) is 0 Å². The highest BCUT2D eigenvalue weighted by Gasteiger charge is 2.10. The molecule has 0 aliphatic carbocycles. The number of aromatic nitrogens is 2. The highest BCUT2D eigenvalue weighted by molar-refractivity contribution is 9.10.